The molecule has 0 bridgehead atoms. The molecule has 2 heterocycles. The summed E-state index contributed by atoms with van der Waals surface area (Å²) in [6, 6.07) is 21.1. The summed E-state index contributed by atoms with van der Waals surface area (Å²) in [6.45, 7) is 6.12. The third-order valence-corrected chi connectivity index (χ3v) is 5.60. The highest BCUT2D eigenvalue weighted by molar-refractivity contribution is 5.91. The summed E-state index contributed by atoms with van der Waals surface area (Å²) < 4.78 is 13.5. The van der Waals surface area contributed by atoms with Crippen molar-refractivity contribution >= 4 is 16.8 Å². The molecule has 0 spiro atoms. The molecule has 34 heavy (non-hydrogen) atoms. The van der Waals surface area contributed by atoms with Crippen molar-refractivity contribution in [3.63, 3.8) is 0 Å². The van der Waals surface area contributed by atoms with Gasteiger partial charge in [-0.15, -0.1) is 5.10 Å². The number of furan rings is 1. The molecule has 0 aliphatic rings. The number of ether oxygens (including phenoxy) is 1. The van der Waals surface area contributed by atoms with Crippen molar-refractivity contribution in [3.8, 4) is 11.8 Å². The van der Waals surface area contributed by atoms with Crippen molar-refractivity contribution in [2.75, 3.05) is 0 Å². The fourth-order valence-electron chi connectivity index (χ4n) is 3.85. The molecule has 2 aromatic heterocycles. The van der Waals surface area contributed by atoms with Crippen molar-refractivity contribution in [1.29, 1.82) is 0 Å². The topological polar surface area (TPSA) is 89.5 Å². The van der Waals surface area contributed by atoms with Crippen LogP contribution in [0, 0.1) is 0 Å². The minimum atomic E-state index is -0.699. The van der Waals surface area contributed by atoms with Gasteiger partial charge in [0.1, 0.15) is 0 Å². The molecule has 2 N–H and O–H groups in total. The number of carbonyl (C=O) groups is 1. The minimum Gasteiger partial charge on any atom is -0.420 e. The first kappa shape index (κ1) is 23.6. The highest BCUT2D eigenvalue weighted by Crippen LogP contribution is 2.30. The lowest BCUT2D eigenvalue weighted by molar-refractivity contribution is 0.0673. The molecule has 0 aliphatic heterocycles. The van der Waals surface area contributed by atoms with Crippen LogP contribution in [0.15, 0.2) is 71.1 Å². The summed E-state index contributed by atoms with van der Waals surface area (Å²) in [6.07, 6.45) is 2.26. The average molecular weight is 462 g/mol. The molecule has 4 aromatic rings. The van der Waals surface area contributed by atoms with Crippen LogP contribution in [-0.4, -0.2) is 32.4 Å². The number of para-hydroxylation sites is 1. The zero-order chi connectivity index (χ0) is 24.1. The van der Waals surface area contributed by atoms with Crippen LogP contribution in [0.3, 0.4) is 0 Å². The number of rotatable bonds is 10. The average Bonchev–Trinajstić information content (AvgIpc) is 3.39. The van der Waals surface area contributed by atoms with Crippen LogP contribution in [0.2, 0.25) is 0 Å². The molecule has 7 heteroatoms. The Morgan fingerprint density at radius 2 is 1.85 bits per heavy atom. The zero-order valence-electron chi connectivity index (χ0n) is 19.8. The second-order valence-corrected chi connectivity index (χ2v) is 9.27. The van der Waals surface area contributed by atoms with Crippen LogP contribution in [0.1, 0.15) is 56.2 Å². The Labute approximate surface area is 199 Å². The lowest BCUT2D eigenvalue weighted by atomic mass is 10.00. The number of aromatic nitrogens is 2. The van der Waals surface area contributed by atoms with Gasteiger partial charge in [-0.2, -0.15) is 0 Å². The van der Waals surface area contributed by atoms with Crippen LogP contribution in [-0.2, 0) is 6.54 Å². The molecular formula is C27H31N3O4. The number of fused-ring (bicyclic) bond motifs is 1. The first-order valence-corrected chi connectivity index (χ1v) is 11.6. The van der Waals surface area contributed by atoms with Crippen LogP contribution in [0.25, 0.3) is 10.9 Å². The number of aliphatic hydroxyl groups is 1. The maximum Gasteiger partial charge on any atom is 0.291 e. The first-order valence-electron chi connectivity index (χ1n) is 11.6. The third kappa shape index (κ3) is 6.05. The van der Waals surface area contributed by atoms with Gasteiger partial charge in [0.2, 0.25) is 5.88 Å². The van der Waals surface area contributed by atoms with E-state index < -0.39 is 5.60 Å². The van der Waals surface area contributed by atoms with Crippen LogP contribution in [0.4, 0.5) is 0 Å². The molecule has 7 nitrogen and oxygen atoms in total. The van der Waals surface area contributed by atoms with Gasteiger partial charge in [0.15, 0.2) is 5.76 Å². The van der Waals surface area contributed by atoms with E-state index in [2.05, 4.69) is 22.5 Å². The van der Waals surface area contributed by atoms with E-state index >= 15 is 0 Å². The van der Waals surface area contributed by atoms with E-state index in [0.717, 1.165) is 29.3 Å². The number of hydrogen-bond acceptors (Lipinski definition) is 5. The Bertz CT molecular complexity index is 1240. The summed E-state index contributed by atoms with van der Waals surface area (Å²) in [7, 11) is 0. The molecule has 0 fully saturated rings. The van der Waals surface area contributed by atoms with Gasteiger partial charge in [-0.1, -0.05) is 42.5 Å². The minimum absolute atomic E-state index is 0.0399. The largest absolute Gasteiger partial charge is 0.420 e. The summed E-state index contributed by atoms with van der Waals surface area (Å²) in [5.74, 6) is 0.505. The van der Waals surface area contributed by atoms with E-state index in [1.54, 1.807) is 26.0 Å². The molecular weight excluding hydrogens is 430 g/mol. The maximum atomic E-state index is 12.6. The highest BCUT2D eigenvalue weighted by Gasteiger charge is 2.18. The summed E-state index contributed by atoms with van der Waals surface area (Å²) in [4.78, 5) is 12.6. The fraction of sp³-hybridized carbons (Fsp3) is 0.333. The molecule has 0 aliphatic carbocycles. The van der Waals surface area contributed by atoms with Crippen LogP contribution >= 0.6 is 0 Å². The normalized spacial score (nSPS) is 12.6. The van der Waals surface area contributed by atoms with Crippen LogP contribution < -0.4 is 10.1 Å². The molecule has 0 saturated heterocycles. The summed E-state index contributed by atoms with van der Waals surface area (Å²) in [5.41, 5.74) is 1.39. The molecule has 4 rings (SSSR count). The van der Waals surface area contributed by atoms with Gasteiger partial charge in [0.05, 0.1) is 23.0 Å². The second kappa shape index (κ2) is 10.1. The Hall–Kier alpha value is -3.58. The van der Waals surface area contributed by atoms with Crippen molar-refractivity contribution in [2.45, 2.75) is 58.2 Å². The predicted octanol–water partition coefficient (Wildman–Crippen LogP) is 5.53. The predicted molar refractivity (Wildman–Crippen MR) is 131 cm³/mol. The number of benzene rings is 2. The fourth-order valence-corrected chi connectivity index (χ4v) is 3.85. The molecule has 1 amide bonds. The number of nitrogens with zero attached hydrogens (tertiary/aromatic N) is 2. The van der Waals surface area contributed by atoms with Gasteiger partial charge in [-0.25, -0.2) is 0 Å². The van der Waals surface area contributed by atoms with Gasteiger partial charge >= 0.3 is 0 Å². The Morgan fingerprint density at radius 1 is 1.12 bits per heavy atom. The first-order chi connectivity index (χ1) is 16.3. The number of nitrogens with one attached hydrogen (secondary N) is 1. The van der Waals surface area contributed by atoms with E-state index in [9.17, 15) is 9.90 Å². The van der Waals surface area contributed by atoms with E-state index in [-0.39, 0.29) is 23.7 Å². The summed E-state index contributed by atoms with van der Waals surface area (Å²) >= 11 is 0. The van der Waals surface area contributed by atoms with E-state index in [4.69, 9.17) is 9.15 Å². The standard InChI is InChI=1S/C27H31N3O4/c1-19(10-9-17-27(2,3)32)28-25(31)23-15-16-24(33-23)34-26-21-13-7-8-14-22(21)30(29-26)18-20-11-5-4-6-12-20/h4-8,11-16,19,32H,9-10,17-18H2,1-3H3,(H,28,31). The molecule has 2 aromatic carbocycles. The van der Waals surface area contributed by atoms with Crippen molar-refractivity contribution < 1.29 is 19.1 Å². The van der Waals surface area contributed by atoms with E-state index in [1.807, 2.05) is 54.1 Å². The second-order valence-electron chi connectivity index (χ2n) is 9.27. The molecule has 178 valence electrons. The monoisotopic (exact) mass is 461 g/mol. The van der Waals surface area contributed by atoms with Gasteiger partial charge in [0, 0.05) is 12.1 Å². The summed E-state index contributed by atoms with van der Waals surface area (Å²) in [5, 5.41) is 18.3. The van der Waals surface area contributed by atoms with Gasteiger partial charge in [0.25, 0.3) is 11.9 Å². The van der Waals surface area contributed by atoms with E-state index in [0.29, 0.717) is 18.8 Å². The number of amides is 1. The highest BCUT2D eigenvalue weighted by atomic mass is 16.6. The van der Waals surface area contributed by atoms with Crippen molar-refractivity contribution in [3.05, 3.63) is 78.1 Å². The van der Waals surface area contributed by atoms with E-state index in [1.165, 1.54) is 0 Å². The molecule has 0 radical (unpaired) electrons. The van der Waals surface area contributed by atoms with Crippen LogP contribution in [0.5, 0.6) is 11.8 Å². The molecule has 0 saturated carbocycles. The molecule has 1 unspecified atom stereocenters. The number of carbonyl (C=O) groups excluding carboxylic acids is 1. The smallest absolute Gasteiger partial charge is 0.291 e. The number of hydrogen-bond donors (Lipinski definition) is 2. The van der Waals surface area contributed by atoms with Gasteiger partial charge < -0.3 is 19.6 Å². The van der Waals surface area contributed by atoms with Gasteiger partial charge in [-0.05, 0) is 63.8 Å². The molecule has 1 atom stereocenters. The SMILES string of the molecule is CC(CCCC(C)(C)O)NC(=O)c1ccc(Oc2nn(Cc3ccccc3)c3ccccc23)o1. The lowest BCUT2D eigenvalue weighted by Gasteiger charge is -2.18. The lowest BCUT2D eigenvalue weighted by Crippen LogP contribution is -2.32. The zero-order valence-corrected chi connectivity index (χ0v) is 19.8. The van der Waals surface area contributed by atoms with Crippen molar-refractivity contribution in [1.82, 2.24) is 15.1 Å². The quantitative estimate of drug-likeness (QED) is 0.324. The third-order valence-electron chi connectivity index (χ3n) is 5.60. The Balaban J connectivity index is 1.43. The van der Waals surface area contributed by atoms with Crippen molar-refractivity contribution in [2.24, 2.45) is 0 Å². The Morgan fingerprint density at radius 3 is 2.62 bits per heavy atom. The maximum absolute atomic E-state index is 12.6. The Kier molecular flexibility index (Phi) is 7.03. The van der Waals surface area contributed by atoms with Gasteiger partial charge in [-0.3, -0.25) is 9.48 Å².